The fourth-order valence-electron chi connectivity index (χ4n) is 4.76. The molecule has 9 nitrogen and oxygen atoms in total. The van der Waals surface area contributed by atoms with Crippen LogP contribution in [0.5, 0.6) is 0 Å². The van der Waals surface area contributed by atoms with Crippen molar-refractivity contribution in [3.63, 3.8) is 0 Å². The fraction of sp³-hybridized carbons (Fsp3) is 0.321. The molecule has 10 heteroatoms. The Morgan fingerprint density at radius 2 is 1.66 bits per heavy atom. The van der Waals surface area contributed by atoms with Crippen molar-refractivity contribution in [3.05, 3.63) is 81.5 Å². The van der Waals surface area contributed by atoms with Gasteiger partial charge < -0.3 is 14.2 Å². The number of amides is 2. The van der Waals surface area contributed by atoms with Crippen LogP contribution in [0.25, 0.3) is 0 Å². The highest BCUT2D eigenvalue weighted by atomic mass is 35.5. The number of esters is 2. The van der Waals surface area contributed by atoms with Gasteiger partial charge in [-0.05, 0) is 37.6 Å². The van der Waals surface area contributed by atoms with Crippen LogP contribution in [-0.2, 0) is 23.8 Å². The summed E-state index contributed by atoms with van der Waals surface area (Å²) in [7, 11) is 1.27. The maximum absolute atomic E-state index is 13.2. The van der Waals surface area contributed by atoms with E-state index in [1.54, 1.807) is 62.4 Å². The van der Waals surface area contributed by atoms with Crippen molar-refractivity contribution in [3.8, 4) is 0 Å². The van der Waals surface area contributed by atoms with Crippen LogP contribution < -0.4 is 0 Å². The van der Waals surface area contributed by atoms with E-state index in [1.807, 2.05) is 0 Å². The Hall–Kier alpha value is -3.82. The summed E-state index contributed by atoms with van der Waals surface area (Å²) in [6.45, 7) is 3.37. The molecule has 2 aliphatic heterocycles. The summed E-state index contributed by atoms with van der Waals surface area (Å²) < 4.78 is 16.2. The Morgan fingerprint density at radius 3 is 2.26 bits per heavy atom. The van der Waals surface area contributed by atoms with Gasteiger partial charge in [-0.15, -0.1) is 0 Å². The van der Waals surface area contributed by atoms with Crippen LogP contribution in [0.15, 0.2) is 64.8 Å². The van der Waals surface area contributed by atoms with Crippen LogP contribution in [0.1, 0.15) is 46.0 Å². The molecule has 198 valence electrons. The van der Waals surface area contributed by atoms with Crippen LogP contribution >= 0.6 is 11.6 Å². The fourth-order valence-corrected chi connectivity index (χ4v) is 5.01. The van der Waals surface area contributed by atoms with Gasteiger partial charge in [0.05, 0.1) is 55.9 Å². The summed E-state index contributed by atoms with van der Waals surface area (Å²) >= 11 is 6.51. The highest BCUT2D eigenvalue weighted by Gasteiger charge is 2.44. The molecule has 0 spiro atoms. The highest BCUT2D eigenvalue weighted by Crippen LogP contribution is 2.42. The van der Waals surface area contributed by atoms with Crippen molar-refractivity contribution >= 4 is 41.1 Å². The molecule has 0 radical (unpaired) electrons. The summed E-state index contributed by atoms with van der Waals surface area (Å²) in [6, 6.07) is 13.5. The molecular weight excluding hydrogens is 512 g/mol. The van der Waals surface area contributed by atoms with Crippen LogP contribution in [0.2, 0.25) is 5.02 Å². The second-order valence-electron chi connectivity index (χ2n) is 8.69. The minimum absolute atomic E-state index is 0.0107. The molecule has 0 saturated heterocycles. The Morgan fingerprint density at radius 1 is 1.03 bits per heavy atom. The quantitative estimate of drug-likeness (QED) is 0.271. The van der Waals surface area contributed by atoms with Gasteiger partial charge in [-0.3, -0.25) is 24.3 Å². The predicted molar refractivity (Wildman–Crippen MR) is 139 cm³/mol. The lowest BCUT2D eigenvalue weighted by Gasteiger charge is -2.32. The van der Waals surface area contributed by atoms with Gasteiger partial charge in [0.15, 0.2) is 0 Å². The molecule has 4 rings (SSSR count). The first-order valence-corrected chi connectivity index (χ1v) is 12.5. The smallest absolute Gasteiger partial charge is 0.336 e. The van der Waals surface area contributed by atoms with Gasteiger partial charge in [-0.2, -0.15) is 0 Å². The molecule has 0 bridgehead atoms. The minimum atomic E-state index is -0.901. The molecule has 0 saturated carbocycles. The number of aliphatic imine (C=N–C) groups is 1. The van der Waals surface area contributed by atoms with Crippen LogP contribution in [-0.4, -0.2) is 67.8 Å². The topological polar surface area (TPSA) is 112 Å². The summed E-state index contributed by atoms with van der Waals surface area (Å²) in [5.74, 6) is -3.70. The first-order chi connectivity index (χ1) is 18.3. The molecule has 38 heavy (non-hydrogen) atoms. The normalized spacial score (nSPS) is 18.8. The molecular formula is C28H27ClN2O7. The third-order valence-electron chi connectivity index (χ3n) is 6.48. The lowest BCUT2D eigenvalue weighted by atomic mass is 9.75. The molecule has 2 aromatic rings. The summed E-state index contributed by atoms with van der Waals surface area (Å²) in [4.78, 5) is 57.0. The number of nitrogens with zero attached hydrogens (tertiary/aromatic N) is 2. The second kappa shape index (κ2) is 11.7. The number of hydrogen-bond donors (Lipinski definition) is 0. The van der Waals surface area contributed by atoms with Gasteiger partial charge in [0, 0.05) is 16.7 Å². The van der Waals surface area contributed by atoms with Gasteiger partial charge in [0.1, 0.15) is 5.92 Å². The number of imide groups is 1. The standard InChI is InChI=1S/C28H27ClN2O7/c1-4-38-28(35)24-21(15-37-14-13-31-25(32)17-9-5-6-10-18(17)26(31)33)30-16(2)22(27(34)36-3)23(24)19-11-7-8-12-20(19)29/h5-12,22-23H,4,13-15H2,1-3H3. The van der Waals surface area contributed by atoms with E-state index in [2.05, 4.69) is 4.99 Å². The van der Waals surface area contributed by atoms with E-state index in [0.29, 0.717) is 27.4 Å². The third-order valence-corrected chi connectivity index (χ3v) is 6.83. The lowest BCUT2D eigenvalue weighted by molar-refractivity contribution is -0.144. The van der Waals surface area contributed by atoms with E-state index in [0.717, 1.165) is 4.90 Å². The molecule has 0 aliphatic carbocycles. The number of fused-ring (bicyclic) bond motifs is 1. The Balaban J connectivity index is 1.61. The van der Waals surface area contributed by atoms with Gasteiger partial charge in [0.25, 0.3) is 11.8 Å². The van der Waals surface area contributed by atoms with E-state index in [4.69, 9.17) is 25.8 Å². The number of halogens is 1. The number of carbonyl (C=O) groups excluding carboxylic acids is 4. The largest absolute Gasteiger partial charge is 0.468 e. The van der Waals surface area contributed by atoms with E-state index in [-0.39, 0.29) is 49.4 Å². The van der Waals surface area contributed by atoms with Crippen molar-refractivity contribution in [1.29, 1.82) is 0 Å². The lowest BCUT2D eigenvalue weighted by Crippen LogP contribution is -2.37. The number of carbonyl (C=O) groups is 4. The third kappa shape index (κ3) is 5.12. The Kier molecular flexibility index (Phi) is 8.38. The molecule has 0 aromatic heterocycles. The average molecular weight is 539 g/mol. The predicted octanol–water partition coefficient (Wildman–Crippen LogP) is 3.82. The Bertz CT molecular complexity index is 1320. The summed E-state index contributed by atoms with van der Waals surface area (Å²) in [6.07, 6.45) is 0. The highest BCUT2D eigenvalue weighted by molar-refractivity contribution is 6.31. The SMILES string of the molecule is CCOC(=O)C1=C(COCCN2C(=O)c3ccccc3C2=O)N=C(C)C(C(=O)OC)C1c1ccccc1Cl. The first-order valence-electron chi connectivity index (χ1n) is 12.1. The zero-order valence-corrected chi connectivity index (χ0v) is 22.0. The molecule has 2 aromatic carbocycles. The van der Waals surface area contributed by atoms with Gasteiger partial charge >= 0.3 is 11.9 Å². The zero-order chi connectivity index (χ0) is 27.4. The summed E-state index contributed by atoms with van der Waals surface area (Å²) in [5.41, 5.74) is 2.09. The van der Waals surface area contributed by atoms with E-state index >= 15 is 0 Å². The first kappa shape index (κ1) is 27.2. The maximum Gasteiger partial charge on any atom is 0.336 e. The van der Waals surface area contributed by atoms with Gasteiger partial charge in [-0.1, -0.05) is 41.9 Å². The monoisotopic (exact) mass is 538 g/mol. The van der Waals surface area contributed by atoms with Crippen molar-refractivity contribution in [1.82, 2.24) is 4.90 Å². The van der Waals surface area contributed by atoms with Crippen molar-refractivity contribution in [2.24, 2.45) is 10.9 Å². The summed E-state index contributed by atoms with van der Waals surface area (Å²) in [5, 5.41) is 0.369. The molecule has 2 aliphatic rings. The second-order valence-corrected chi connectivity index (χ2v) is 9.10. The molecule has 2 atom stereocenters. The molecule has 2 amide bonds. The van der Waals surface area contributed by atoms with Crippen molar-refractivity contribution < 1.29 is 33.4 Å². The maximum atomic E-state index is 13.2. The molecule has 0 N–H and O–H groups in total. The van der Waals surface area contributed by atoms with Crippen molar-refractivity contribution in [2.75, 3.05) is 33.5 Å². The molecule has 2 unspecified atom stereocenters. The minimum Gasteiger partial charge on any atom is -0.468 e. The van der Waals surface area contributed by atoms with Crippen LogP contribution in [0.3, 0.4) is 0 Å². The average Bonchev–Trinajstić information content (AvgIpc) is 3.15. The van der Waals surface area contributed by atoms with E-state index in [9.17, 15) is 19.2 Å². The van der Waals surface area contributed by atoms with E-state index in [1.165, 1.54) is 7.11 Å². The zero-order valence-electron chi connectivity index (χ0n) is 21.2. The number of ether oxygens (including phenoxy) is 3. The van der Waals surface area contributed by atoms with E-state index < -0.39 is 23.8 Å². The number of hydrogen-bond acceptors (Lipinski definition) is 8. The van der Waals surface area contributed by atoms with Crippen LogP contribution in [0, 0.1) is 5.92 Å². The van der Waals surface area contributed by atoms with Gasteiger partial charge in [-0.25, -0.2) is 4.79 Å². The van der Waals surface area contributed by atoms with Gasteiger partial charge in [0.2, 0.25) is 0 Å². The molecule has 0 fully saturated rings. The number of methoxy groups -OCH3 is 1. The Labute approximate surface area is 225 Å². The molecule has 2 heterocycles. The number of rotatable bonds is 9. The van der Waals surface area contributed by atoms with Crippen LogP contribution in [0.4, 0.5) is 0 Å². The number of benzene rings is 2. The van der Waals surface area contributed by atoms with Crippen molar-refractivity contribution in [2.45, 2.75) is 19.8 Å².